The van der Waals surface area contributed by atoms with E-state index in [2.05, 4.69) is 175 Å². The lowest BCUT2D eigenvalue weighted by atomic mass is 9.82. The molecule has 47 heavy (non-hydrogen) atoms. The summed E-state index contributed by atoms with van der Waals surface area (Å²) in [5.41, 5.74) is 13.1. The van der Waals surface area contributed by atoms with Crippen LogP contribution in [0.1, 0.15) is 42.9 Å². The lowest BCUT2D eigenvalue weighted by molar-refractivity contribution is 0.660. The zero-order chi connectivity index (χ0) is 31.3. The van der Waals surface area contributed by atoms with Crippen LogP contribution in [0.15, 0.2) is 140 Å². The van der Waals surface area contributed by atoms with Crippen molar-refractivity contribution in [3.05, 3.63) is 167 Å². The molecule has 0 spiro atoms. The molecule has 0 amide bonds. The molecule has 0 aliphatic heterocycles. The Balaban J connectivity index is 1.13. The summed E-state index contributed by atoms with van der Waals surface area (Å²) in [5, 5.41) is 6.56. The van der Waals surface area contributed by atoms with E-state index in [9.17, 15) is 0 Å². The van der Waals surface area contributed by atoms with Crippen molar-refractivity contribution in [2.24, 2.45) is 0 Å². The first-order chi connectivity index (χ1) is 23.1. The molecule has 0 radical (unpaired) electrons. The van der Waals surface area contributed by atoms with Gasteiger partial charge in [-0.05, 0) is 82.8 Å². The van der Waals surface area contributed by atoms with Gasteiger partial charge in [-0.1, -0.05) is 117 Å². The molecule has 10 rings (SSSR count). The summed E-state index contributed by atoms with van der Waals surface area (Å²) in [5.74, 6) is 0.309. The van der Waals surface area contributed by atoms with E-state index in [1.165, 1.54) is 82.5 Å². The van der Waals surface area contributed by atoms with Gasteiger partial charge in [0.25, 0.3) is 0 Å². The van der Waals surface area contributed by atoms with Crippen LogP contribution in [0.5, 0.6) is 0 Å². The van der Waals surface area contributed by atoms with E-state index < -0.39 is 0 Å². The molecule has 0 N–H and O–H groups in total. The molecule has 2 heterocycles. The quantitative estimate of drug-likeness (QED) is 0.191. The summed E-state index contributed by atoms with van der Waals surface area (Å²) in [6.07, 6.45) is 5.93. The fraction of sp³-hybridized carbons (Fsp3) is 0.111. The van der Waals surface area contributed by atoms with Crippen molar-refractivity contribution in [2.45, 2.75) is 31.6 Å². The largest absolute Gasteiger partial charge is 0.310 e. The number of nitrogens with zero attached hydrogens (tertiary/aromatic N) is 2. The van der Waals surface area contributed by atoms with Gasteiger partial charge in [0.15, 0.2) is 0 Å². The maximum Gasteiger partial charge on any atom is 0.0541 e. The van der Waals surface area contributed by atoms with E-state index in [4.69, 9.17) is 0 Å². The Hall–Kier alpha value is -5.60. The normalized spacial score (nSPS) is 16.1. The predicted molar refractivity (Wildman–Crippen MR) is 197 cm³/mol. The summed E-state index contributed by atoms with van der Waals surface area (Å²) >= 11 is 0. The molecule has 2 aliphatic rings. The Labute approximate surface area is 274 Å². The Morgan fingerprint density at radius 1 is 0.532 bits per heavy atom. The Bertz CT molecular complexity index is 2680. The molecule has 6 aromatic carbocycles. The van der Waals surface area contributed by atoms with Crippen molar-refractivity contribution in [3.63, 3.8) is 0 Å². The molecule has 2 heteroatoms. The van der Waals surface area contributed by atoms with Crippen LogP contribution < -0.4 is 10.6 Å². The van der Waals surface area contributed by atoms with Gasteiger partial charge in [0, 0.05) is 49.4 Å². The van der Waals surface area contributed by atoms with E-state index in [0.717, 1.165) is 6.42 Å². The molecule has 224 valence electrons. The summed E-state index contributed by atoms with van der Waals surface area (Å²) < 4.78 is 4.89. The minimum Gasteiger partial charge on any atom is -0.310 e. The van der Waals surface area contributed by atoms with E-state index in [1.807, 2.05) is 0 Å². The first-order valence-corrected chi connectivity index (χ1v) is 16.7. The van der Waals surface area contributed by atoms with Gasteiger partial charge < -0.3 is 9.13 Å². The molecular weight excluding hydrogens is 569 g/mol. The minimum absolute atomic E-state index is 0.0380. The van der Waals surface area contributed by atoms with Crippen molar-refractivity contribution in [1.29, 1.82) is 0 Å². The summed E-state index contributed by atoms with van der Waals surface area (Å²) in [4.78, 5) is 0. The number of benzene rings is 6. The molecular formula is C45H34N2. The van der Waals surface area contributed by atoms with Crippen LogP contribution in [0, 0.1) is 0 Å². The Kier molecular flexibility index (Phi) is 5.49. The van der Waals surface area contributed by atoms with Crippen molar-refractivity contribution in [1.82, 2.24) is 9.13 Å². The van der Waals surface area contributed by atoms with Crippen LogP contribution in [0.2, 0.25) is 0 Å². The molecule has 8 aromatic rings. The van der Waals surface area contributed by atoms with Gasteiger partial charge in [0.2, 0.25) is 0 Å². The van der Waals surface area contributed by atoms with Gasteiger partial charge in [-0.2, -0.15) is 0 Å². The van der Waals surface area contributed by atoms with Gasteiger partial charge in [0.1, 0.15) is 0 Å². The van der Waals surface area contributed by atoms with Crippen molar-refractivity contribution >= 4 is 44.9 Å². The van der Waals surface area contributed by atoms with Gasteiger partial charge >= 0.3 is 0 Å². The third-order valence-electron chi connectivity index (χ3n) is 10.8. The van der Waals surface area contributed by atoms with Gasteiger partial charge in [-0.25, -0.2) is 0 Å². The van der Waals surface area contributed by atoms with Crippen molar-refractivity contribution in [2.75, 3.05) is 0 Å². The first-order valence-electron chi connectivity index (χ1n) is 16.7. The van der Waals surface area contributed by atoms with Crippen LogP contribution in [0.3, 0.4) is 0 Å². The fourth-order valence-electron chi connectivity index (χ4n) is 8.59. The van der Waals surface area contributed by atoms with Gasteiger partial charge in [0.05, 0.1) is 16.6 Å². The topological polar surface area (TPSA) is 9.86 Å². The maximum atomic E-state index is 2.51. The number of rotatable bonds is 3. The van der Waals surface area contributed by atoms with E-state index in [0.29, 0.717) is 5.92 Å². The highest BCUT2D eigenvalue weighted by atomic mass is 15.0. The van der Waals surface area contributed by atoms with Crippen LogP contribution in [0.25, 0.3) is 67.4 Å². The number of para-hydroxylation sites is 3. The second kappa shape index (κ2) is 9.70. The highest BCUT2D eigenvalue weighted by Gasteiger charge is 2.35. The van der Waals surface area contributed by atoms with Crippen LogP contribution in [0.4, 0.5) is 0 Å². The van der Waals surface area contributed by atoms with Gasteiger partial charge in [-0.3, -0.25) is 0 Å². The summed E-state index contributed by atoms with van der Waals surface area (Å²) in [6, 6.07) is 51.6. The second-order valence-electron chi connectivity index (χ2n) is 13.7. The number of hydrogen-bond donors (Lipinski definition) is 0. The monoisotopic (exact) mass is 602 g/mol. The highest BCUT2D eigenvalue weighted by Crippen LogP contribution is 2.49. The Morgan fingerprint density at radius 2 is 1.21 bits per heavy atom. The number of aromatic nitrogens is 2. The molecule has 1 atom stereocenters. The zero-order valence-electron chi connectivity index (χ0n) is 26.6. The average molecular weight is 603 g/mol. The SMILES string of the molecule is CC1(C)c2ccccc2-c2ccc(-n3c4ccccc4c4cc(C5C=c6c(n(-c7ccccc7)c7ccccc67)=CC5)ccc43)cc21. The molecule has 0 bridgehead atoms. The predicted octanol–water partition coefficient (Wildman–Crippen LogP) is 9.78. The third kappa shape index (κ3) is 3.73. The minimum atomic E-state index is -0.0380. The molecule has 2 aromatic heterocycles. The standard InChI is InChI=1S/C45H34N2/c1-45(2)39-17-9-6-14-33(39)34-23-22-32(28-40(34)45)47-42-19-11-8-16-36(42)38-27-30(21-25-44(38)47)29-20-24-43-37(26-29)35-15-7-10-18-41(35)46(43)31-12-4-3-5-13-31/h3-19,21-29H,20H2,1-2H3. The number of hydrogen-bond acceptors (Lipinski definition) is 0. The zero-order valence-corrected chi connectivity index (χ0v) is 26.6. The van der Waals surface area contributed by atoms with E-state index >= 15 is 0 Å². The van der Waals surface area contributed by atoms with Crippen molar-refractivity contribution in [3.8, 4) is 22.5 Å². The van der Waals surface area contributed by atoms with Crippen LogP contribution in [-0.4, -0.2) is 9.13 Å². The average Bonchev–Trinajstić information content (AvgIpc) is 3.71. The second-order valence-corrected chi connectivity index (χ2v) is 13.7. The molecule has 1 unspecified atom stereocenters. The molecule has 0 saturated heterocycles. The molecule has 0 saturated carbocycles. The maximum absolute atomic E-state index is 2.51. The third-order valence-corrected chi connectivity index (χ3v) is 10.8. The van der Waals surface area contributed by atoms with E-state index in [-0.39, 0.29) is 5.41 Å². The fourth-order valence-corrected chi connectivity index (χ4v) is 8.59. The van der Waals surface area contributed by atoms with Gasteiger partial charge in [-0.15, -0.1) is 0 Å². The summed E-state index contributed by atoms with van der Waals surface area (Å²) in [7, 11) is 0. The first kappa shape index (κ1) is 26.6. The highest BCUT2D eigenvalue weighted by molar-refractivity contribution is 6.09. The van der Waals surface area contributed by atoms with Crippen LogP contribution in [-0.2, 0) is 5.41 Å². The smallest absolute Gasteiger partial charge is 0.0541 e. The summed E-state index contributed by atoms with van der Waals surface area (Å²) in [6.45, 7) is 4.72. The molecule has 2 aliphatic carbocycles. The van der Waals surface area contributed by atoms with E-state index in [1.54, 1.807) is 0 Å². The lowest BCUT2D eigenvalue weighted by Gasteiger charge is -2.22. The molecule has 0 fully saturated rings. The van der Waals surface area contributed by atoms with Crippen LogP contribution >= 0.6 is 0 Å². The lowest BCUT2D eigenvalue weighted by Crippen LogP contribution is -2.31. The van der Waals surface area contributed by atoms with Crippen molar-refractivity contribution < 1.29 is 0 Å². The number of fused-ring (bicyclic) bond motifs is 9. The Morgan fingerprint density at radius 3 is 2.06 bits per heavy atom. The molecule has 2 nitrogen and oxygen atoms in total.